The third-order valence-electron chi connectivity index (χ3n) is 4.33. The minimum atomic E-state index is -0.0440. The van der Waals surface area contributed by atoms with Gasteiger partial charge in [-0.15, -0.1) is 11.6 Å². The topological polar surface area (TPSA) is 17.8 Å². The van der Waals surface area contributed by atoms with Crippen LogP contribution in [0.5, 0.6) is 0 Å². The van der Waals surface area contributed by atoms with Gasteiger partial charge in [-0.05, 0) is 72.4 Å². The summed E-state index contributed by atoms with van der Waals surface area (Å²) in [5.41, 5.74) is 2.81. The maximum atomic E-state index is 6.36. The summed E-state index contributed by atoms with van der Waals surface area (Å²) in [5, 5.41) is -0.0440. The van der Waals surface area contributed by atoms with Crippen LogP contribution < -0.4 is 0 Å². The third kappa shape index (κ3) is 2.71. The van der Waals surface area contributed by atoms with Gasteiger partial charge in [0.2, 0.25) is 0 Å². The number of imidazole rings is 1. The third-order valence-corrected chi connectivity index (χ3v) is 5.19. The van der Waals surface area contributed by atoms with Crippen LogP contribution in [0.1, 0.15) is 50.7 Å². The number of fused-ring (bicyclic) bond motifs is 1. The van der Waals surface area contributed by atoms with Crippen LogP contribution in [0, 0.1) is 8.99 Å². The molecular formula is C16H20ClIN2. The average molecular weight is 403 g/mol. The molecule has 0 saturated heterocycles. The highest BCUT2D eigenvalue weighted by Gasteiger charge is 2.42. The standard InChI is InChI=1S/C16H20ClIN2/c1-3-6-16(7-8-16)10-20-14-5-4-12(18)9-13(14)19-15(20)11(2)17/h4-5,9,11H,3,6-8,10H2,1-2H3. The number of nitrogens with zero attached hydrogens (tertiary/aromatic N) is 2. The van der Waals surface area contributed by atoms with E-state index in [4.69, 9.17) is 16.6 Å². The SMILES string of the molecule is CCCC1(Cn2c(C(C)Cl)nc3cc(I)ccc32)CC1. The van der Waals surface area contributed by atoms with Crippen molar-refractivity contribution < 1.29 is 0 Å². The van der Waals surface area contributed by atoms with Crippen molar-refractivity contribution in [2.45, 2.75) is 51.5 Å². The molecule has 0 bridgehead atoms. The van der Waals surface area contributed by atoms with Crippen LogP contribution in [-0.2, 0) is 6.54 Å². The first-order chi connectivity index (χ1) is 9.54. The Hall–Kier alpha value is -0.290. The first-order valence-electron chi connectivity index (χ1n) is 7.34. The molecule has 20 heavy (non-hydrogen) atoms. The second-order valence-corrected chi connectivity index (χ2v) is 7.96. The molecule has 1 aliphatic carbocycles. The summed E-state index contributed by atoms with van der Waals surface area (Å²) in [6, 6.07) is 6.49. The van der Waals surface area contributed by atoms with Crippen molar-refractivity contribution in [2.24, 2.45) is 5.41 Å². The fourth-order valence-electron chi connectivity index (χ4n) is 3.12. The van der Waals surface area contributed by atoms with Gasteiger partial charge in [-0.1, -0.05) is 13.3 Å². The van der Waals surface area contributed by atoms with Crippen molar-refractivity contribution >= 4 is 45.2 Å². The van der Waals surface area contributed by atoms with Gasteiger partial charge in [0.1, 0.15) is 5.82 Å². The first-order valence-corrected chi connectivity index (χ1v) is 8.86. The molecule has 108 valence electrons. The van der Waals surface area contributed by atoms with E-state index >= 15 is 0 Å². The van der Waals surface area contributed by atoms with E-state index < -0.39 is 0 Å². The number of benzene rings is 1. The van der Waals surface area contributed by atoms with Gasteiger partial charge < -0.3 is 4.57 Å². The molecule has 0 amide bonds. The van der Waals surface area contributed by atoms with Crippen LogP contribution in [0.25, 0.3) is 11.0 Å². The Labute approximate surface area is 139 Å². The molecule has 1 aromatic carbocycles. The Morgan fingerprint density at radius 2 is 2.20 bits per heavy atom. The van der Waals surface area contributed by atoms with Gasteiger partial charge in [0.15, 0.2) is 0 Å². The normalized spacial score (nSPS) is 18.4. The van der Waals surface area contributed by atoms with Gasteiger partial charge in [-0.2, -0.15) is 0 Å². The molecular weight excluding hydrogens is 383 g/mol. The molecule has 1 aromatic heterocycles. The molecule has 3 rings (SSSR count). The zero-order valence-corrected chi connectivity index (χ0v) is 14.9. The fourth-order valence-corrected chi connectivity index (χ4v) is 3.76. The summed E-state index contributed by atoms with van der Waals surface area (Å²) in [6.45, 7) is 5.37. The molecule has 1 saturated carbocycles. The summed E-state index contributed by atoms with van der Waals surface area (Å²) in [4.78, 5) is 4.77. The van der Waals surface area contributed by atoms with E-state index in [9.17, 15) is 0 Å². The zero-order chi connectivity index (χ0) is 14.3. The van der Waals surface area contributed by atoms with Crippen LogP contribution >= 0.6 is 34.2 Å². The lowest BCUT2D eigenvalue weighted by atomic mass is 10.0. The minimum Gasteiger partial charge on any atom is -0.326 e. The van der Waals surface area contributed by atoms with Crippen LogP contribution in [0.4, 0.5) is 0 Å². The number of hydrogen-bond donors (Lipinski definition) is 0. The second kappa shape index (κ2) is 5.48. The van der Waals surface area contributed by atoms with E-state index in [1.807, 2.05) is 6.92 Å². The highest BCUT2D eigenvalue weighted by atomic mass is 127. The van der Waals surface area contributed by atoms with E-state index in [2.05, 4.69) is 52.3 Å². The van der Waals surface area contributed by atoms with Gasteiger partial charge in [0.25, 0.3) is 0 Å². The second-order valence-electron chi connectivity index (χ2n) is 6.06. The van der Waals surface area contributed by atoms with Crippen molar-refractivity contribution in [1.29, 1.82) is 0 Å². The molecule has 1 unspecified atom stereocenters. The summed E-state index contributed by atoms with van der Waals surface area (Å²) < 4.78 is 3.59. The number of halogens is 2. The minimum absolute atomic E-state index is 0.0440. The van der Waals surface area contributed by atoms with Gasteiger partial charge >= 0.3 is 0 Å². The lowest BCUT2D eigenvalue weighted by molar-refractivity contribution is 0.387. The predicted octanol–water partition coefficient (Wildman–Crippen LogP) is 5.52. The Balaban J connectivity index is 2.05. The monoisotopic (exact) mass is 402 g/mol. The summed E-state index contributed by atoms with van der Waals surface area (Å²) in [5.74, 6) is 1.02. The number of rotatable bonds is 5. The van der Waals surface area contributed by atoms with Crippen molar-refractivity contribution in [3.05, 3.63) is 27.6 Å². The highest BCUT2D eigenvalue weighted by molar-refractivity contribution is 14.1. The van der Waals surface area contributed by atoms with Crippen molar-refractivity contribution in [2.75, 3.05) is 0 Å². The molecule has 0 N–H and O–H groups in total. The zero-order valence-electron chi connectivity index (χ0n) is 12.0. The molecule has 4 heteroatoms. The Kier molecular flexibility index (Phi) is 4.01. The van der Waals surface area contributed by atoms with Gasteiger partial charge in [-0.25, -0.2) is 4.98 Å². The van der Waals surface area contributed by atoms with Crippen LogP contribution in [0.3, 0.4) is 0 Å². The average Bonchev–Trinajstić information content (AvgIpc) is 3.05. The lowest BCUT2D eigenvalue weighted by Gasteiger charge is -2.18. The van der Waals surface area contributed by atoms with E-state index in [-0.39, 0.29) is 5.38 Å². The van der Waals surface area contributed by atoms with Gasteiger partial charge in [-0.3, -0.25) is 0 Å². The van der Waals surface area contributed by atoms with Gasteiger partial charge in [0.05, 0.1) is 16.4 Å². The largest absolute Gasteiger partial charge is 0.326 e. The maximum Gasteiger partial charge on any atom is 0.127 e. The number of aromatic nitrogens is 2. The molecule has 1 fully saturated rings. The smallest absolute Gasteiger partial charge is 0.127 e. The Morgan fingerprint density at radius 3 is 2.80 bits per heavy atom. The fraction of sp³-hybridized carbons (Fsp3) is 0.562. The van der Waals surface area contributed by atoms with Crippen molar-refractivity contribution in [1.82, 2.24) is 9.55 Å². The number of alkyl halides is 1. The molecule has 1 heterocycles. The van der Waals surface area contributed by atoms with Crippen molar-refractivity contribution in [3.63, 3.8) is 0 Å². The van der Waals surface area contributed by atoms with E-state index in [1.165, 1.54) is 34.8 Å². The van der Waals surface area contributed by atoms with Crippen LogP contribution in [-0.4, -0.2) is 9.55 Å². The number of hydrogen-bond acceptors (Lipinski definition) is 1. The molecule has 0 spiro atoms. The maximum absolute atomic E-state index is 6.36. The van der Waals surface area contributed by atoms with Crippen LogP contribution in [0.15, 0.2) is 18.2 Å². The first kappa shape index (κ1) is 14.6. The molecule has 0 radical (unpaired) electrons. The molecule has 0 aliphatic heterocycles. The lowest BCUT2D eigenvalue weighted by Crippen LogP contribution is -2.14. The van der Waals surface area contributed by atoms with Gasteiger partial charge in [0, 0.05) is 10.1 Å². The van der Waals surface area contributed by atoms with Crippen LogP contribution in [0.2, 0.25) is 0 Å². The molecule has 2 aromatic rings. The molecule has 1 aliphatic rings. The summed E-state index contributed by atoms with van der Waals surface area (Å²) in [6.07, 6.45) is 5.27. The Bertz CT molecular complexity index is 629. The highest BCUT2D eigenvalue weighted by Crippen LogP contribution is 2.51. The molecule has 1 atom stereocenters. The van der Waals surface area contributed by atoms with E-state index in [0.29, 0.717) is 5.41 Å². The van der Waals surface area contributed by atoms with E-state index in [1.54, 1.807) is 0 Å². The summed E-state index contributed by atoms with van der Waals surface area (Å²) >= 11 is 8.70. The predicted molar refractivity (Wildman–Crippen MR) is 93.3 cm³/mol. The molecule has 2 nitrogen and oxygen atoms in total. The van der Waals surface area contributed by atoms with E-state index in [0.717, 1.165) is 17.9 Å². The van der Waals surface area contributed by atoms with Crippen molar-refractivity contribution in [3.8, 4) is 0 Å². The summed E-state index contributed by atoms with van der Waals surface area (Å²) in [7, 11) is 0. The quantitative estimate of drug-likeness (QED) is 0.475. The Morgan fingerprint density at radius 1 is 1.45 bits per heavy atom.